The molecule has 5 nitrogen and oxygen atoms in total. The highest BCUT2D eigenvalue weighted by Gasteiger charge is 2.23. The van der Waals surface area contributed by atoms with Crippen LogP contribution in [-0.2, 0) is 14.8 Å². The van der Waals surface area contributed by atoms with Gasteiger partial charge >= 0.3 is 0 Å². The van der Waals surface area contributed by atoms with Crippen LogP contribution in [0.15, 0.2) is 51.8 Å². The average Bonchev–Trinajstić information content (AvgIpc) is 2.51. The normalized spacial score (nSPS) is 11.5. The van der Waals surface area contributed by atoms with E-state index in [1.165, 1.54) is 19.2 Å². The number of sulfonamides is 1. The van der Waals surface area contributed by atoms with Gasteiger partial charge in [-0.25, -0.2) is 8.42 Å². The number of hydrogen-bond acceptors (Lipinski definition) is 3. The first kappa shape index (κ1) is 18.6. The Balaban J connectivity index is 2.14. The van der Waals surface area contributed by atoms with Crippen molar-refractivity contribution in [2.75, 3.05) is 18.9 Å². The Morgan fingerprint density at radius 2 is 1.71 bits per heavy atom. The van der Waals surface area contributed by atoms with Crippen LogP contribution in [-0.4, -0.2) is 32.2 Å². The number of amides is 1. The lowest BCUT2D eigenvalue weighted by Gasteiger charge is -2.18. The summed E-state index contributed by atoms with van der Waals surface area (Å²) >= 11 is 3.25. The molecule has 2 aromatic carbocycles. The summed E-state index contributed by atoms with van der Waals surface area (Å²) in [6.07, 6.45) is 0. The van der Waals surface area contributed by atoms with E-state index in [1.54, 1.807) is 12.1 Å². The average molecular weight is 411 g/mol. The van der Waals surface area contributed by atoms with Crippen LogP contribution in [0, 0.1) is 13.8 Å². The molecule has 2 rings (SSSR count). The lowest BCUT2D eigenvalue weighted by atomic mass is 10.1. The Morgan fingerprint density at radius 3 is 2.29 bits per heavy atom. The maximum Gasteiger partial charge on any atom is 0.243 e. The van der Waals surface area contributed by atoms with Crippen LogP contribution in [0.2, 0.25) is 0 Å². The van der Waals surface area contributed by atoms with Crippen molar-refractivity contribution in [3.8, 4) is 0 Å². The number of rotatable bonds is 5. The number of benzene rings is 2. The van der Waals surface area contributed by atoms with Gasteiger partial charge in [0.15, 0.2) is 0 Å². The first-order valence-electron chi connectivity index (χ1n) is 7.30. The monoisotopic (exact) mass is 410 g/mol. The second-order valence-corrected chi connectivity index (χ2v) is 8.49. The van der Waals surface area contributed by atoms with E-state index in [4.69, 9.17) is 0 Å². The molecule has 2 aromatic rings. The topological polar surface area (TPSA) is 66.5 Å². The molecule has 0 aliphatic rings. The molecule has 0 atom stereocenters. The van der Waals surface area contributed by atoms with Gasteiger partial charge in [0.2, 0.25) is 15.9 Å². The Hall–Kier alpha value is -1.70. The molecule has 0 fully saturated rings. The van der Waals surface area contributed by atoms with Crippen molar-refractivity contribution in [3.05, 3.63) is 58.1 Å². The molecule has 128 valence electrons. The molecule has 0 radical (unpaired) electrons. The van der Waals surface area contributed by atoms with Gasteiger partial charge in [-0.1, -0.05) is 40.2 Å². The molecule has 0 aliphatic carbocycles. The van der Waals surface area contributed by atoms with E-state index in [0.717, 1.165) is 21.1 Å². The van der Waals surface area contributed by atoms with Crippen molar-refractivity contribution in [2.24, 2.45) is 0 Å². The van der Waals surface area contributed by atoms with E-state index < -0.39 is 10.0 Å². The maximum absolute atomic E-state index is 12.5. The lowest BCUT2D eigenvalue weighted by Crippen LogP contribution is -2.35. The molecule has 24 heavy (non-hydrogen) atoms. The molecule has 0 saturated heterocycles. The predicted octanol–water partition coefficient (Wildman–Crippen LogP) is 3.33. The standard InChI is InChI=1S/C17H19BrN2O3S/c1-12-6-4-7-13(2)17(12)19-16(21)11-20(3)24(22,23)15-9-5-8-14(18)10-15/h4-10H,11H2,1-3H3,(H,19,21). The zero-order valence-electron chi connectivity index (χ0n) is 13.7. The molecule has 0 spiro atoms. The van der Waals surface area contributed by atoms with Crippen molar-refractivity contribution in [3.63, 3.8) is 0 Å². The Labute approximate surface area is 150 Å². The van der Waals surface area contributed by atoms with E-state index in [-0.39, 0.29) is 17.3 Å². The van der Waals surface area contributed by atoms with Gasteiger partial charge in [0.1, 0.15) is 0 Å². The third-order valence-electron chi connectivity index (χ3n) is 3.62. The van der Waals surface area contributed by atoms with E-state index >= 15 is 0 Å². The summed E-state index contributed by atoms with van der Waals surface area (Å²) < 4.78 is 26.8. The molecule has 0 bridgehead atoms. The van der Waals surface area contributed by atoms with Crippen molar-refractivity contribution in [2.45, 2.75) is 18.7 Å². The van der Waals surface area contributed by atoms with Crippen LogP contribution in [0.1, 0.15) is 11.1 Å². The zero-order chi connectivity index (χ0) is 17.9. The number of carbonyl (C=O) groups excluding carboxylic acids is 1. The number of nitrogens with zero attached hydrogens (tertiary/aromatic N) is 1. The maximum atomic E-state index is 12.5. The SMILES string of the molecule is Cc1cccc(C)c1NC(=O)CN(C)S(=O)(=O)c1cccc(Br)c1. The Bertz CT molecular complexity index is 846. The molecule has 0 heterocycles. The molecule has 1 N–H and O–H groups in total. The van der Waals surface area contributed by atoms with E-state index in [2.05, 4.69) is 21.2 Å². The number of para-hydroxylation sites is 1. The highest BCUT2D eigenvalue weighted by molar-refractivity contribution is 9.10. The summed E-state index contributed by atoms with van der Waals surface area (Å²) in [4.78, 5) is 12.4. The van der Waals surface area contributed by atoms with Gasteiger partial charge in [0.25, 0.3) is 0 Å². The first-order chi connectivity index (χ1) is 11.2. The minimum atomic E-state index is -3.73. The van der Waals surface area contributed by atoms with Crippen molar-refractivity contribution >= 4 is 37.5 Å². The zero-order valence-corrected chi connectivity index (χ0v) is 16.1. The third kappa shape index (κ3) is 4.23. The molecule has 1 amide bonds. The van der Waals surface area contributed by atoms with E-state index in [9.17, 15) is 13.2 Å². The fourth-order valence-corrected chi connectivity index (χ4v) is 4.01. The van der Waals surface area contributed by atoms with Crippen molar-refractivity contribution < 1.29 is 13.2 Å². The molecule has 0 saturated carbocycles. The highest BCUT2D eigenvalue weighted by Crippen LogP contribution is 2.21. The summed E-state index contributed by atoms with van der Waals surface area (Å²) in [6.45, 7) is 3.53. The summed E-state index contributed by atoms with van der Waals surface area (Å²) in [5.41, 5.74) is 2.58. The smallest absolute Gasteiger partial charge is 0.243 e. The van der Waals surface area contributed by atoms with E-state index in [1.807, 2.05) is 32.0 Å². The van der Waals surface area contributed by atoms with Crippen molar-refractivity contribution in [1.82, 2.24) is 4.31 Å². The quantitative estimate of drug-likeness (QED) is 0.821. The minimum absolute atomic E-state index is 0.138. The van der Waals surface area contributed by atoms with Crippen LogP contribution in [0.5, 0.6) is 0 Å². The molecule has 0 unspecified atom stereocenters. The number of nitrogens with one attached hydrogen (secondary N) is 1. The fraction of sp³-hybridized carbons (Fsp3) is 0.235. The second-order valence-electron chi connectivity index (χ2n) is 5.53. The summed E-state index contributed by atoms with van der Waals surface area (Å²) in [7, 11) is -2.34. The molecule has 0 aromatic heterocycles. The molecule has 0 aliphatic heterocycles. The summed E-state index contributed by atoms with van der Waals surface area (Å²) in [5.74, 6) is -0.381. The fourth-order valence-electron chi connectivity index (χ4n) is 2.29. The minimum Gasteiger partial charge on any atom is -0.324 e. The number of aryl methyl sites for hydroxylation is 2. The summed E-state index contributed by atoms with van der Waals surface area (Å²) in [6, 6.07) is 12.1. The van der Waals surface area contributed by atoms with Gasteiger partial charge in [-0.15, -0.1) is 0 Å². The van der Waals surface area contributed by atoms with Gasteiger partial charge < -0.3 is 5.32 Å². The molecule has 7 heteroatoms. The number of anilines is 1. The van der Waals surface area contributed by atoms with Gasteiger partial charge in [-0.05, 0) is 43.2 Å². The number of carbonyl (C=O) groups is 1. The summed E-state index contributed by atoms with van der Waals surface area (Å²) in [5, 5.41) is 2.79. The number of likely N-dealkylation sites (N-methyl/N-ethyl adjacent to an activating group) is 1. The lowest BCUT2D eigenvalue weighted by molar-refractivity contribution is -0.116. The van der Waals surface area contributed by atoms with Crippen molar-refractivity contribution in [1.29, 1.82) is 0 Å². The van der Waals surface area contributed by atoms with E-state index in [0.29, 0.717) is 4.47 Å². The highest BCUT2D eigenvalue weighted by atomic mass is 79.9. The van der Waals surface area contributed by atoms with Crippen LogP contribution in [0.3, 0.4) is 0 Å². The van der Waals surface area contributed by atoms with Crippen LogP contribution in [0.25, 0.3) is 0 Å². The Kier molecular flexibility index (Phi) is 5.79. The largest absolute Gasteiger partial charge is 0.324 e. The van der Waals surface area contributed by atoms with Gasteiger partial charge in [-0.2, -0.15) is 4.31 Å². The van der Waals surface area contributed by atoms with Gasteiger partial charge in [0, 0.05) is 17.2 Å². The predicted molar refractivity (Wildman–Crippen MR) is 98.5 cm³/mol. The van der Waals surface area contributed by atoms with Gasteiger partial charge in [-0.3, -0.25) is 4.79 Å². The first-order valence-corrected chi connectivity index (χ1v) is 9.53. The molecular weight excluding hydrogens is 392 g/mol. The van der Waals surface area contributed by atoms with Gasteiger partial charge in [0.05, 0.1) is 11.4 Å². The van der Waals surface area contributed by atoms with Crippen LogP contribution < -0.4 is 5.32 Å². The Morgan fingerprint density at radius 1 is 1.12 bits per heavy atom. The molecular formula is C17H19BrN2O3S. The number of halogens is 1. The third-order valence-corrected chi connectivity index (χ3v) is 5.91. The van der Waals surface area contributed by atoms with Crippen LogP contribution >= 0.6 is 15.9 Å². The van der Waals surface area contributed by atoms with Crippen LogP contribution in [0.4, 0.5) is 5.69 Å². The second kappa shape index (κ2) is 7.46. The number of hydrogen-bond donors (Lipinski definition) is 1.